The van der Waals surface area contributed by atoms with Gasteiger partial charge in [-0.15, -0.1) is 11.8 Å². The molecule has 2 rings (SSSR count). The van der Waals surface area contributed by atoms with Crippen LogP contribution < -0.4 is 10.9 Å². The van der Waals surface area contributed by atoms with Crippen LogP contribution in [0.25, 0.3) is 0 Å². The van der Waals surface area contributed by atoms with Gasteiger partial charge in [-0.1, -0.05) is 29.8 Å². The summed E-state index contributed by atoms with van der Waals surface area (Å²) in [5, 5.41) is 0.300. The van der Waals surface area contributed by atoms with Gasteiger partial charge in [0.25, 0.3) is 11.8 Å². The second-order valence-corrected chi connectivity index (χ2v) is 6.37. The predicted octanol–water partition coefficient (Wildman–Crippen LogP) is 3.28. The number of hydrogen-bond donors (Lipinski definition) is 2. The monoisotopic (exact) mass is 334 g/mol. The van der Waals surface area contributed by atoms with Crippen LogP contribution in [-0.4, -0.2) is 17.1 Å². The van der Waals surface area contributed by atoms with E-state index in [0.717, 1.165) is 4.90 Å². The highest BCUT2D eigenvalue weighted by Crippen LogP contribution is 2.24. The van der Waals surface area contributed by atoms with E-state index in [0.29, 0.717) is 10.6 Å². The molecular formula is C16H15ClN2O2S. The maximum Gasteiger partial charge on any atom is 0.269 e. The quantitative estimate of drug-likeness (QED) is 0.666. The molecule has 0 fully saturated rings. The third kappa shape index (κ3) is 4.79. The maximum atomic E-state index is 12.0. The largest absolute Gasteiger partial charge is 0.272 e. The van der Waals surface area contributed by atoms with Crippen LogP contribution in [-0.2, 0) is 4.79 Å². The van der Waals surface area contributed by atoms with Gasteiger partial charge in [-0.05, 0) is 43.3 Å². The average Bonchev–Trinajstić information content (AvgIpc) is 2.55. The molecule has 0 saturated heterocycles. The number of hydrazine groups is 1. The van der Waals surface area contributed by atoms with Crippen molar-refractivity contribution in [3.05, 3.63) is 65.2 Å². The number of carbonyl (C=O) groups is 2. The Hall–Kier alpha value is -1.98. The van der Waals surface area contributed by atoms with Crippen LogP contribution in [0.3, 0.4) is 0 Å². The third-order valence-electron chi connectivity index (χ3n) is 2.83. The number of hydrogen-bond acceptors (Lipinski definition) is 3. The van der Waals surface area contributed by atoms with Crippen molar-refractivity contribution in [2.75, 3.05) is 0 Å². The van der Waals surface area contributed by atoms with E-state index >= 15 is 0 Å². The Bertz CT molecular complexity index is 647. The van der Waals surface area contributed by atoms with E-state index in [-0.39, 0.29) is 17.1 Å². The summed E-state index contributed by atoms with van der Waals surface area (Å²) in [6.45, 7) is 1.77. The van der Waals surface area contributed by atoms with Gasteiger partial charge in [-0.3, -0.25) is 20.4 Å². The molecule has 114 valence electrons. The Labute approximate surface area is 138 Å². The van der Waals surface area contributed by atoms with Gasteiger partial charge in [0.1, 0.15) is 0 Å². The van der Waals surface area contributed by atoms with Crippen LogP contribution in [0, 0.1) is 0 Å². The van der Waals surface area contributed by atoms with Crippen molar-refractivity contribution >= 4 is 35.2 Å². The van der Waals surface area contributed by atoms with Crippen LogP contribution >= 0.6 is 23.4 Å². The third-order valence-corrected chi connectivity index (χ3v) is 4.19. The molecule has 1 atom stereocenters. The van der Waals surface area contributed by atoms with Gasteiger partial charge in [0.2, 0.25) is 0 Å². The highest BCUT2D eigenvalue weighted by molar-refractivity contribution is 8.00. The molecule has 0 bridgehead atoms. The van der Waals surface area contributed by atoms with Crippen molar-refractivity contribution in [3.63, 3.8) is 0 Å². The lowest BCUT2D eigenvalue weighted by atomic mass is 10.2. The number of thioether (sulfide) groups is 1. The van der Waals surface area contributed by atoms with Gasteiger partial charge >= 0.3 is 0 Å². The first kappa shape index (κ1) is 16.4. The molecule has 2 aromatic rings. The lowest BCUT2D eigenvalue weighted by Gasteiger charge is -2.12. The van der Waals surface area contributed by atoms with Gasteiger partial charge in [0.15, 0.2) is 0 Å². The van der Waals surface area contributed by atoms with E-state index < -0.39 is 0 Å². The zero-order valence-electron chi connectivity index (χ0n) is 11.9. The number of nitrogens with one attached hydrogen (secondary N) is 2. The van der Waals surface area contributed by atoms with Crippen LogP contribution in [0.15, 0.2) is 59.5 Å². The van der Waals surface area contributed by atoms with Crippen molar-refractivity contribution in [2.45, 2.75) is 17.1 Å². The molecule has 4 nitrogen and oxygen atoms in total. The Balaban J connectivity index is 1.84. The van der Waals surface area contributed by atoms with Gasteiger partial charge in [-0.2, -0.15) is 0 Å². The fraction of sp³-hybridized carbons (Fsp3) is 0.125. The molecule has 6 heteroatoms. The Morgan fingerprint density at radius 1 is 1.00 bits per heavy atom. The highest BCUT2D eigenvalue weighted by Gasteiger charge is 2.15. The molecule has 0 saturated carbocycles. The number of rotatable bonds is 4. The average molecular weight is 335 g/mol. The highest BCUT2D eigenvalue weighted by atomic mass is 35.5. The number of carbonyl (C=O) groups excluding carboxylic acids is 2. The van der Waals surface area contributed by atoms with Crippen molar-refractivity contribution in [1.82, 2.24) is 10.9 Å². The molecule has 0 radical (unpaired) electrons. The van der Waals surface area contributed by atoms with Gasteiger partial charge < -0.3 is 0 Å². The number of amides is 2. The fourth-order valence-corrected chi connectivity index (χ4v) is 2.65. The molecule has 22 heavy (non-hydrogen) atoms. The molecule has 0 aliphatic carbocycles. The van der Waals surface area contributed by atoms with Gasteiger partial charge in [-0.25, -0.2) is 0 Å². The van der Waals surface area contributed by atoms with Crippen LogP contribution in [0.1, 0.15) is 17.3 Å². The first-order valence-corrected chi connectivity index (χ1v) is 7.89. The zero-order chi connectivity index (χ0) is 15.9. The summed E-state index contributed by atoms with van der Waals surface area (Å²) in [4.78, 5) is 24.7. The lowest BCUT2D eigenvalue weighted by molar-refractivity contribution is -0.121. The molecule has 0 spiro atoms. The van der Waals surface area contributed by atoms with Crippen LogP contribution in [0.5, 0.6) is 0 Å². The zero-order valence-corrected chi connectivity index (χ0v) is 13.4. The summed E-state index contributed by atoms with van der Waals surface area (Å²) >= 11 is 7.20. The first-order valence-electron chi connectivity index (χ1n) is 6.64. The minimum absolute atomic E-state index is 0.274. The second-order valence-electron chi connectivity index (χ2n) is 4.52. The van der Waals surface area contributed by atoms with E-state index in [1.165, 1.54) is 11.8 Å². The lowest BCUT2D eigenvalue weighted by Crippen LogP contribution is -2.44. The molecule has 2 amide bonds. The summed E-state index contributed by atoms with van der Waals surface area (Å²) in [6, 6.07) is 15.9. The Morgan fingerprint density at radius 2 is 1.64 bits per heavy atom. The van der Waals surface area contributed by atoms with Gasteiger partial charge in [0, 0.05) is 15.5 Å². The van der Waals surface area contributed by atoms with Crippen molar-refractivity contribution in [1.29, 1.82) is 0 Å². The molecule has 0 aliphatic rings. The molecule has 0 aliphatic heterocycles. The summed E-state index contributed by atoms with van der Waals surface area (Å²) in [5.41, 5.74) is 5.32. The predicted molar refractivity (Wildman–Crippen MR) is 88.8 cm³/mol. The van der Waals surface area contributed by atoms with Crippen molar-refractivity contribution in [3.8, 4) is 0 Å². The van der Waals surface area contributed by atoms with Crippen LogP contribution in [0.2, 0.25) is 5.02 Å². The fourth-order valence-electron chi connectivity index (χ4n) is 1.65. The summed E-state index contributed by atoms with van der Waals surface area (Å²) < 4.78 is 0. The van der Waals surface area contributed by atoms with E-state index in [4.69, 9.17) is 11.6 Å². The summed E-state index contributed by atoms with van der Waals surface area (Å²) in [5.74, 6) is -0.623. The number of benzene rings is 2. The van der Waals surface area contributed by atoms with Gasteiger partial charge in [0.05, 0.1) is 5.25 Å². The SMILES string of the molecule is C[C@@H](Sc1ccc(Cl)cc1)C(=O)NNC(=O)c1ccccc1. The standard InChI is InChI=1S/C16H15ClN2O2S/c1-11(22-14-9-7-13(17)8-10-14)15(20)18-19-16(21)12-5-3-2-4-6-12/h2-11H,1H3,(H,18,20)(H,19,21)/t11-/m1/s1. The summed E-state index contributed by atoms with van der Waals surface area (Å²) in [6.07, 6.45) is 0. The Kier molecular flexibility index (Phi) is 5.86. The normalized spacial score (nSPS) is 11.5. The second kappa shape index (κ2) is 7.87. The Morgan fingerprint density at radius 3 is 2.27 bits per heavy atom. The van der Waals surface area contributed by atoms with Crippen molar-refractivity contribution in [2.24, 2.45) is 0 Å². The molecule has 2 aromatic carbocycles. The molecule has 0 aromatic heterocycles. The minimum Gasteiger partial charge on any atom is -0.272 e. The van der Waals surface area contributed by atoms with Crippen LogP contribution in [0.4, 0.5) is 0 Å². The smallest absolute Gasteiger partial charge is 0.269 e. The first-order chi connectivity index (χ1) is 10.6. The number of halogens is 1. The summed E-state index contributed by atoms with van der Waals surface area (Å²) in [7, 11) is 0. The molecule has 2 N–H and O–H groups in total. The molecule has 0 heterocycles. The van der Waals surface area contributed by atoms with Crippen molar-refractivity contribution < 1.29 is 9.59 Å². The maximum absolute atomic E-state index is 12.0. The van der Waals surface area contributed by atoms with E-state index in [9.17, 15) is 9.59 Å². The molecule has 0 unspecified atom stereocenters. The topological polar surface area (TPSA) is 58.2 Å². The molecular weight excluding hydrogens is 320 g/mol. The minimum atomic E-state index is -0.350. The van der Waals surface area contributed by atoms with E-state index in [1.54, 1.807) is 43.3 Å². The van der Waals surface area contributed by atoms with E-state index in [1.807, 2.05) is 18.2 Å². The van der Waals surface area contributed by atoms with E-state index in [2.05, 4.69) is 10.9 Å².